The molecule has 0 aliphatic heterocycles. The van der Waals surface area contributed by atoms with Crippen LogP contribution in [-0.2, 0) is 20.9 Å². The number of esters is 1. The molecule has 1 N–H and O–H groups in total. The Hall–Kier alpha value is -2.67. The van der Waals surface area contributed by atoms with Crippen LogP contribution in [0.5, 0.6) is 0 Å². The highest BCUT2D eigenvalue weighted by atomic mass is 32.1. The molecule has 1 aromatic carbocycles. The molecule has 0 aliphatic carbocycles. The molecular formula is C18H20N2O4S. The summed E-state index contributed by atoms with van der Waals surface area (Å²) >= 11 is 1.36. The normalized spacial score (nSPS) is 10.2. The first-order valence-corrected chi connectivity index (χ1v) is 8.54. The van der Waals surface area contributed by atoms with Gasteiger partial charge in [-0.2, -0.15) is 0 Å². The van der Waals surface area contributed by atoms with Crippen molar-refractivity contribution in [1.82, 2.24) is 10.2 Å². The van der Waals surface area contributed by atoms with Gasteiger partial charge in [-0.15, -0.1) is 11.3 Å². The monoisotopic (exact) mass is 360 g/mol. The minimum Gasteiger partial charge on any atom is -0.468 e. The van der Waals surface area contributed by atoms with Gasteiger partial charge in [0.05, 0.1) is 18.5 Å². The number of thiophene rings is 1. The lowest BCUT2D eigenvalue weighted by atomic mass is 10.2. The van der Waals surface area contributed by atoms with Gasteiger partial charge in [0, 0.05) is 11.4 Å². The van der Waals surface area contributed by atoms with E-state index in [1.54, 1.807) is 6.07 Å². The lowest BCUT2D eigenvalue weighted by molar-refractivity contribution is -0.147. The molecule has 0 saturated carbocycles. The molecule has 7 heteroatoms. The number of ether oxygens (including phenoxy) is 1. The summed E-state index contributed by atoms with van der Waals surface area (Å²) in [7, 11) is 1.27. The molecule has 0 unspecified atom stereocenters. The number of amides is 2. The highest BCUT2D eigenvalue weighted by Gasteiger charge is 2.19. The van der Waals surface area contributed by atoms with Crippen molar-refractivity contribution in [2.75, 3.05) is 20.2 Å². The van der Waals surface area contributed by atoms with Gasteiger partial charge in [-0.1, -0.05) is 30.3 Å². The number of nitrogens with zero attached hydrogens (tertiary/aromatic N) is 1. The molecular weight excluding hydrogens is 340 g/mol. The molecule has 1 heterocycles. The third-order valence-electron chi connectivity index (χ3n) is 3.48. The van der Waals surface area contributed by atoms with Crippen LogP contribution in [0.2, 0.25) is 0 Å². The van der Waals surface area contributed by atoms with E-state index in [-0.39, 0.29) is 31.4 Å². The number of benzene rings is 1. The van der Waals surface area contributed by atoms with E-state index in [2.05, 4.69) is 10.1 Å². The second kappa shape index (κ2) is 8.98. The molecule has 0 aliphatic rings. The van der Waals surface area contributed by atoms with Gasteiger partial charge in [0.2, 0.25) is 5.91 Å². The van der Waals surface area contributed by atoms with Crippen molar-refractivity contribution >= 4 is 29.1 Å². The quantitative estimate of drug-likeness (QED) is 0.766. The standard InChI is InChI=1S/C18H20N2O4S/c1-13-8-9-15(25-13)18(23)19-10-16(21)20(12-17(22)24-2)11-14-6-4-3-5-7-14/h3-9H,10-12H2,1-2H3,(H,19,23). The van der Waals surface area contributed by atoms with E-state index < -0.39 is 5.97 Å². The van der Waals surface area contributed by atoms with E-state index in [0.717, 1.165) is 10.4 Å². The fourth-order valence-corrected chi connectivity index (χ4v) is 2.95. The minimum absolute atomic E-state index is 0.168. The summed E-state index contributed by atoms with van der Waals surface area (Å²) in [6, 6.07) is 12.9. The van der Waals surface area contributed by atoms with Crippen LogP contribution in [0.25, 0.3) is 0 Å². The molecule has 2 rings (SSSR count). The molecule has 2 aromatic rings. The molecule has 132 valence electrons. The molecule has 25 heavy (non-hydrogen) atoms. The van der Waals surface area contributed by atoms with Crippen molar-refractivity contribution in [2.45, 2.75) is 13.5 Å². The fraction of sp³-hybridized carbons (Fsp3) is 0.278. The molecule has 0 saturated heterocycles. The van der Waals surface area contributed by atoms with Crippen LogP contribution in [0.15, 0.2) is 42.5 Å². The van der Waals surface area contributed by atoms with Gasteiger partial charge in [0.1, 0.15) is 6.54 Å². The van der Waals surface area contributed by atoms with Gasteiger partial charge < -0.3 is 15.0 Å². The van der Waals surface area contributed by atoms with Crippen LogP contribution in [0.3, 0.4) is 0 Å². The van der Waals surface area contributed by atoms with Crippen molar-refractivity contribution in [3.05, 3.63) is 57.8 Å². The van der Waals surface area contributed by atoms with Crippen molar-refractivity contribution in [3.63, 3.8) is 0 Å². The van der Waals surface area contributed by atoms with E-state index in [9.17, 15) is 14.4 Å². The molecule has 0 radical (unpaired) electrons. The average molecular weight is 360 g/mol. The van der Waals surface area contributed by atoms with Crippen LogP contribution < -0.4 is 5.32 Å². The summed E-state index contributed by atoms with van der Waals surface area (Å²) in [5.41, 5.74) is 0.889. The Morgan fingerprint density at radius 2 is 1.84 bits per heavy atom. The predicted octanol–water partition coefficient (Wildman–Crippen LogP) is 1.99. The lowest BCUT2D eigenvalue weighted by Crippen LogP contribution is -2.42. The van der Waals surface area contributed by atoms with Crippen molar-refractivity contribution in [2.24, 2.45) is 0 Å². The lowest BCUT2D eigenvalue weighted by Gasteiger charge is -2.21. The Bertz CT molecular complexity index is 743. The van der Waals surface area contributed by atoms with Gasteiger partial charge in [-0.25, -0.2) is 0 Å². The zero-order valence-corrected chi connectivity index (χ0v) is 15.0. The van der Waals surface area contributed by atoms with Crippen molar-refractivity contribution < 1.29 is 19.1 Å². The molecule has 1 aromatic heterocycles. The Balaban J connectivity index is 1.98. The highest BCUT2D eigenvalue weighted by molar-refractivity contribution is 7.13. The summed E-state index contributed by atoms with van der Waals surface area (Å²) < 4.78 is 4.65. The van der Waals surface area contributed by atoms with Crippen LogP contribution in [0.4, 0.5) is 0 Å². The molecule has 0 fully saturated rings. The number of rotatable bonds is 7. The summed E-state index contributed by atoms with van der Waals surface area (Å²) in [6.07, 6.45) is 0. The zero-order chi connectivity index (χ0) is 18.2. The maximum absolute atomic E-state index is 12.4. The molecule has 2 amide bonds. The van der Waals surface area contributed by atoms with Gasteiger partial charge in [0.25, 0.3) is 5.91 Å². The minimum atomic E-state index is -0.510. The molecule has 0 bridgehead atoms. The molecule has 0 atom stereocenters. The second-order valence-corrected chi connectivity index (χ2v) is 6.69. The predicted molar refractivity (Wildman–Crippen MR) is 95.3 cm³/mol. The van der Waals surface area contributed by atoms with Gasteiger partial charge in [0.15, 0.2) is 0 Å². The van der Waals surface area contributed by atoms with E-state index >= 15 is 0 Å². The van der Waals surface area contributed by atoms with Gasteiger partial charge in [-0.05, 0) is 24.6 Å². The van der Waals surface area contributed by atoms with Crippen molar-refractivity contribution in [3.8, 4) is 0 Å². The number of carbonyl (C=O) groups excluding carboxylic acids is 3. The van der Waals surface area contributed by atoms with Crippen LogP contribution in [0.1, 0.15) is 20.1 Å². The topological polar surface area (TPSA) is 75.7 Å². The molecule has 0 spiro atoms. The maximum atomic E-state index is 12.4. The third kappa shape index (κ3) is 5.72. The maximum Gasteiger partial charge on any atom is 0.325 e. The van der Waals surface area contributed by atoms with Crippen LogP contribution in [0, 0.1) is 6.92 Å². The highest BCUT2D eigenvalue weighted by Crippen LogP contribution is 2.14. The summed E-state index contributed by atoms with van der Waals surface area (Å²) in [5, 5.41) is 2.60. The Morgan fingerprint density at radius 3 is 2.44 bits per heavy atom. The Kier molecular flexibility index (Phi) is 6.71. The average Bonchev–Trinajstić information content (AvgIpc) is 3.06. The SMILES string of the molecule is COC(=O)CN(Cc1ccccc1)C(=O)CNC(=O)c1ccc(C)s1. The van der Waals surface area contributed by atoms with E-state index in [0.29, 0.717) is 4.88 Å². The Labute approximate surface area is 150 Å². The largest absolute Gasteiger partial charge is 0.468 e. The third-order valence-corrected chi connectivity index (χ3v) is 4.48. The van der Waals surface area contributed by atoms with Crippen LogP contribution in [-0.4, -0.2) is 42.9 Å². The first-order chi connectivity index (χ1) is 12.0. The number of nitrogens with one attached hydrogen (secondary N) is 1. The first-order valence-electron chi connectivity index (χ1n) is 7.72. The number of carbonyl (C=O) groups is 3. The second-order valence-electron chi connectivity index (χ2n) is 5.40. The summed E-state index contributed by atoms with van der Waals surface area (Å²) in [6.45, 7) is 1.82. The summed E-state index contributed by atoms with van der Waals surface area (Å²) in [4.78, 5) is 39.0. The Morgan fingerprint density at radius 1 is 1.12 bits per heavy atom. The number of hydrogen-bond donors (Lipinski definition) is 1. The first kappa shape index (κ1) is 18.7. The van der Waals surface area contributed by atoms with E-state index in [4.69, 9.17) is 0 Å². The number of aryl methyl sites for hydroxylation is 1. The molecule has 6 nitrogen and oxygen atoms in total. The number of methoxy groups -OCH3 is 1. The fourth-order valence-electron chi connectivity index (χ4n) is 2.17. The van der Waals surface area contributed by atoms with Crippen molar-refractivity contribution in [1.29, 1.82) is 0 Å². The number of hydrogen-bond acceptors (Lipinski definition) is 5. The van der Waals surface area contributed by atoms with Crippen LogP contribution >= 0.6 is 11.3 Å². The van der Waals surface area contributed by atoms with E-state index in [1.807, 2.05) is 43.3 Å². The van der Waals surface area contributed by atoms with E-state index in [1.165, 1.54) is 23.3 Å². The zero-order valence-electron chi connectivity index (χ0n) is 14.2. The smallest absolute Gasteiger partial charge is 0.325 e. The van der Waals surface area contributed by atoms with Gasteiger partial charge in [-0.3, -0.25) is 14.4 Å². The summed E-state index contributed by atoms with van der Waals surface area (Å²) in [5.74, 6) is -1.16. The van der Waals surface area contributed by atoms with Gasteiger partial charge >= 0.3 is 5.97 Å².